The van der Waals surface area contributed by atoms with Gasteiger partial charge >= 0.3 is 0 Å². The molecule has 1 amide bonds. The predicted molar refractivity (Wildman–Crippen MR) is 77.2 cm³/mol. The van der Waals surface area contributed by atoms with Crippen LogP contribution < -0.4 is 16.4 Å². The molecule has 5 heteroatoms. The van der Waals surface area contributed by atoms with E-state index in [1.54, 1.807) is 0 Å². The number of aliphatic hydroxyl groups is 1. The Hall–Kier alpha value is -1.75. The lowest BCUT2D eigenvalue weighted by Gasteiger charge is -2.30. The number of amides is 1. The molecule has 104 valence electrons. The van der Waals surface area contributed by atoms with Crippen molar-refractivity contribution in [1.29, 1.82) is 0 Å². The van der Waals surface area contributed by atoms with E-state index in [0.29, 0.717) is 12.1 Å². The zero-order chi connectivity index (χ0) is 14.0. The maximum atomic E-state index is 11.4. The third-order valence-corrected chi connectivity index (χ3v) is 3.74. The van der Waals surface area contributed by atoms with Gasteiger partial charge in [-0.3, -0.25) is 4.79 Å². The van der Waals surface area contributed by atoms with Crippen LogP contribution in [0.1, 0.15) is 32.3 Å². The Kier molecular flexibility index (Phi) is 3.66. The summed E-state index contributed by atoms with van der Waals surface area (Å²) in [6.07, 6.45) is 1.99. The summed E-state index contributed by atoms with van der Waals surface area (Å²) in [5.41, 5.74) is 8.88. The molecule has 1 aromatic carbocycles. The Morgan fingerprint density at radius 1 is 1.47 bits per heavy atom. The highest BCUT2D eigenvalue weighted by atomic mass is 16.3. The minimum Gasteiger partial charge on any atom is -0.397 e. The highest BCUT2D eigenvalue weighted by molar-refractivity contribution is 5.95. The lowest BCUT2D eigenvalue weighted by molar-refractivity contribution is -0.116. The van der Waals surface area contributed by atoms with Gasteiger partial charge in [-0.1, -0.05) is 6.92 Å². The summed E-state index contributed by atoms with van der Waals surface area (Å²) in [5.74, 6) is 0.0311. The standard InChI is InChI=1S/C14H21N3O2/c1-3-14(2,8-18)17-12-7-11-9(6-10(12)15)4-5-13(19)16-11/h6-7,17-18H,3-5,8,15H2,1-2H3,(H,16,19). The van der Waals surface area contributed by atoms with Gasteiger partial charge in [0, 0.05) is 12.1 Å². The van der Waals surface area contributed by atoms with Crippen molar-refractivity contribution in [3.63, 3.8) is 0 Å². The lowest BCUT2D eigenvalue weighted by atomic mass is 9.97. The number of hydrogen-bond acceptors (Lipinski definition) is 4. The summed E-state index contributed by atoms with van der Waals surface area (Å²) in [6.45, 7) is 3.95. The quantitative estimate of drug-likeness (QED) is 0.623. The van der Waals surface area contributed by atoms with Crippen LogP contribution in [-0.4, -0.2) is 23.2 Å². The molecule has 0 bridgehead atoms. The second-order valence-corrected chi connectivity index (χ2v) is 5.34. The van der Waals surface area contributed by atoms with E-state index in [-0.39, 0.29) is 12.5 Å². The van der Waals surface area contributed by atoms with E-state index in [0.717, 1.165) is 29.8 Å². The van der Waals surface area contributed by atoms with E-state index in [9.17, 15) is 9.90 Å². The van der Waals surface area contributed by atoms with E-state index >= 15 is 0 Å². The number of anilines is 3. The van der Waals surface area contributed by atoms with E-state index < -0.39 is 5.54 Å². The van der Waals surface area contributed by atoms with Gasteiger partial charge in [-0.15, -0.1) is 0 Å². The third-order valence-electron chi connectivity index (χ3n) is 3.74. The summed E-state index contributed by atoms with van der Waals surface area (Å²) in [5, 5.41) is 15.6. The van der Waals surface area contributed by atoms with E-state index in [1.807, 2.05) is 26.0 Å². The van der Waals surface area contributed by atoms with E-state index in [2.05, 4.69) is 10.6 Å². The molecule has 0 spiro atoms. The molecule has 1 heterocycles. The number of carbonyl (C=O) groups is 1. The van der Waals surface area contributed by atoms with Crippen LogP contribution in [0.4, 0.5) is 17.1 Å². The number of aryl methyl sites for hydroxylation is 1. The highest BCUT2D eigenvalue weighted by Gasteiger charge is 2.23. The Bertz CT molecular complexity index is 496. The first kappa shape index (κ1) is 13.7. The van der Waals surface area contributed by atoms with E-state index in [4.69, 9.17) is 5.73 Å². The molecule has 0 saturated heterocycles. The normalized spacial score (nSPS) is 17.3. The zero-order valence-electron chi connectivity index (χ0n) is 11.4. The van der Waals surface area contributed by atoms with Crippen molar-refractivity contribution in [2.75, 3.05) is 23.0 Å². The topological polar surface area (TPSA) is 87.4 Å². The van der Waals surface area contributed by atoms with Gasteiger partial charge in [-0.25, -0.2) is 0 Å². The van der Waals surface area contributed by atoms with Crippen LogP contribution in [0.15, 0.2) is 12.1 Å². The van der Waals surface area contributed by atoms with Crippen LogP contribution in [0.2, 0.25) is 0 Å². The second kappa shape index (κ2) is 5.09. The molecule has 1 aliphatic rings. The van der Waals surface area contributed by atoms with Gasteiger partial charge < -0.3 is 21.5 Å². The van der Waals surface area contributed by atoms with Crippen molar-refractivity contribution in [2.24, 2.45) is 0 Å². The van der Waals surface area contributed by atoms with E-state index in [1.165, 1.54) is 0 Å². The summed E-state index contributed by atoms with van der Waals surface area (Å²) in [4.78, 5) is 11.4. The number of fused-ring (bicyclic) bond motifs is 1. The monoisotopic (exact) mass is 263 g/mol. The molecule has 1 unspecified atom stereocenters. The van der Waals surface area contributed by atoms with Gasteiger partial charge in [-0.2, -0.15) is 0 Å². The Balaban J connectivity index is 2.31. The average Bonchev–Trinajstić information content (AvgIpc) is 2.40. The number of nitrogens with two attached hydrogens (primary N) is 1. The number of nitrogens with one attached hydrogen (secondary N) is 2. The average molecular weight is 263 g/mol. The largest absolute Gasteiger partial charge is 0.397 e. The molecule has 0 radical (unpaired) electrons. The molecule has 0 fully saturated rings. The van der Waals surface area contributed by atoms with Crippen molar-refractivity contribution in [2.45, 2.75) is 38.6 Å². The smallest absolute Gasteiger partial charge is 0.224 e. The summed E-state index contributed by atoms with van der Waals surface area (Å²) < 4.78 is 0. The highest BCUT2D eigenvalue weighted by Crippen LogP contribution is 2.33. The number of benzene rings is 1. The summed E-state index contributed by atoms with van der Waals surface area (Å²) >= 11 is 0. The van der Waals surface area contributed by atoms with Crippen molar-refractivity contribution < 1.29 is 9.90 Å². The number of rotatable bonds is 4. The van der Waals surface area contributed by atoms with Gasteiger partial charge in [0.15, 0.2) is 0 Å². The Morgan fingerprint density at radius 2 is 2.21 bits per heavy atom. The predicted octanol–water partition coefficient (Wildman–Crippen LogP) is 1.73. The first-order chi connectivity index (χ1) is 8.97. The maximum absolute atomic E-state index is 11.4. The van der Waals surface area contributed by atoms with Crippen LogP contribution in [0.5, 0.6) is 0 Å². The molecule has 19 heavy (non-hydrogen) atoms. The molecule has 0 saturated carbocycles. The molecule has 0 aromatic heterocycles. The van der Waals surface area contributed by atoms with Crippen LogP contribution in [-0.2, 0) is 11.2 Å². The van der Waals surface area contributed by atoms with Crippen molar-refractivity contribution >= 4 is 23.0 Å². The van der Waals surface area contributed by atoms with Gasteiger partial charge in [0.1, 0.15) is 0 Å². The lowest BCUT2D eigenvalue weighted by Crippen LogP contribution is -2.38. The van der Waals surface area contributed by atoms with Crippen molar-refractivity contribution in [1.82, 2.24) is 0 Å². The number of carbonyl (C=O) groups excluding carboxylic acids is 1. The first-order valence-electron chi connectivity index (χ1n) is 6.59. The molecule has 5 nitrogen and oxygen atoms in total. The Labute approximate surface area is 113 Å². The molecule has 1 aliphatic heterocycles. The zero-order valence-corrected chi connectivity index (χ0v) is 11.4. The van der Waals surface area contributed by atoms with Crippen LogP contribution in [0.3, 0.4) is 0 Å². The van der Waals surface area contributed by atoms with Gasteiger partial charge in [0.05, 0.1) is 23.5 Å². The maximum Gasteiger partial charge on any atom is 0.224 e. The molecule has 0 aliphatic carbocycles. The molecule has 1 atom stereocenters. The van der Waals surface area contributed by atoms with Gasteiger partial charge in [-0.05, 0) is 37.5 Å². The van der Waals surface area contributed by atoms with Crippen LogP contribution >= 0.6 is 0 Å². The van der Waals surface area contributed by atoms with Gasteiger partial charge in [0.2, 0.25) is 5.91 Å². The van der Waals surface area contributed by atoms with Crippen molar-refractivity contribution in [3.05, 3.63) is 17.7 Å². The first-order valence-corrected chi connectivity index (χ1v) is 6.59. The molecule has 2 rings (SSSR count). The number of nitrogen functional groups attached to an aromatic ring is 1. The fraction of sp³-hybridized carbons (Fsp3) is 0.500. The Morgan fingerprint density at radius 3 is 2.84 bits per heavy atom. The van der Waals surface area contributed by atoms with Crippen LogP contribution in [0, 0.1) is 0 Å². The van der Waals surface area contributed by atoms with Gasteiger partial charge in [0.25, 0.3) is 0 Å². The minimum absolute atomic E-state index is 0.0202. The third kappa shape index (κ3) is 2.81. The number of aliphatic hydroxyl groups excluding tert-OH is 1. The fourth-order valence-corrected chi connectivity index (χ4v) is 2.12. The summed E-state index contributed by atoms with van der Waals surface area (Å²) in [6, 6.07) is 3.75. The molecule has 5 N–H and O–H groups in total. The fourth-order valence-electron chi connectivity index (χ4n) is 2.12. The number of hydrogen-bond donors (Lipinski definition) is 4. The minimum atomic E-state index is -0.416. The van der Waals surface area contributed by atoms with Crippen LogP contribution in [0.25, 0.3) is 0 Å². The molecular weight excluding hydrogens is 242 g/mol. The SMILES string of the molecule is CCC(C)(CO)Nc1cc2c(cc1N)CCC(=O)N2. The molecular formula is C14H21N3O2. The second-order valence-electron chi connectivity index (χ2n) is 5.34. The summed E-state index contributed by atoms with van der Waals surface area (Å²) in [7, 11) is 0. The van der Waals surface area contributed by atoms with Crippen molar-refractivity contribution in [3.8, 4) is 0 Å². The molecule has 1 aromatic rings.